The molecule has 102 valence electrons. The third-order valence-electron chi connectivity index (χ3n) is 2.82. The number of methoxy groups -OCH3 is 1. The van der Waals surface area contributed by atoms with Gasteiger partial charge in [-0.3, -0.25) is 9.36 Å². The van der Waals surface area contributed by atoms with Crippen molar-refractivity contribution in [3.8, 4) is 5.75 Å². The molecule has 5 nitrogen and oxygen atoms in total. The van der Waals surface area contributed by atoms with E-state index in [1.807, 2.05) is 20.8 Å². The van der Waals surface area contributed by atoms with Crippen molar-refractivity contribution in [3.05, 3.63) is 39.0 Å². The number of nitrogens with one attached hydrogen (secondary N) is 1. The molecule has 2 aromatic rings. The molecule has 0 aliphatic carbocycles. The summed E-state index contributed by atoms with van der Waals surface area (Å²) in [6.07, 6.45) is 0. The number of aromatic amines is 1. The second-order valence-electron chi connectivity index (χ2n) is 5.79. The van der Waals surface area contributed by atoms with E-state index in [1.54, 1.807) is 25.3 Å². The van der Waals surface area contributed by atoms with Gasteiger partial charge in [-0.2, -0.15) is 0 Å². The van der Waals surface area contributed by atoms with Crippen molar-refractivity contribution in [2.24, 2.45) is 5.41 Å². The standard InChI is InChI=1S/C14H18N2O3/c1-14(2,3)8-16-12(17)10-7-9(19-4)5-6-11(10)15-13(16)18/h5-7H,8H2,1-4H3,(H,15,18). The molecule has 0 bridgehead atoms. The van der Waals surface area contributed by atoms with E-state index in [4.69, 9.17) is 4.74 Å². The zero-order valence-corrected chi connectivity index (χ0v) is 11.6. The predicted molar refractivity (Wildman–Crippen MR) is 74.8 cm³/mol. The third-order valence-corrected chi connectivity index (χ3v) is 2.82. The van der Waals surface area contributed by atoms with Crippen molar-refractivity contribution in [2.45, 2.75) is 27.3 Å². The Balaban J connectivity index is 2.72. The zero-order chi connectivity index (χ0) is 14.2. The second-order valence-corrected chi connectivity index (χ2v) is 5.79. The Morgan fingerprint density at radius 3 is 2.53 bits per heavy atom. The Morgan fingerprint density at radius 1 is 1.26 bits per heavy atom. The molecule has 0 saturated carbocycles. The number of aromatic nitrogens is 2. The first-order valence-electron chi connectivity index (χ1n) is 6.13. The largest absolute Gasteiger partial charge is 0.497 e. The maximum Gasteiger partial charge on any atom is 0.328 e. The fourth-order valence-electron chi connectivity index (χ4n) is 1.97. The van der Waals surface area contributed by atoms with Crippen LogP contribution in [-0.2, 0) is 6.54 Å². The lowest BCUT2D eigenvalue weighted by Crippen LogP contribution is -2.38. The van der Waals surface area contributed by atoms with Crippen LogP contribution in [0.15, 0.2) is 27.8 Å². The molecule has 1 aromatic heterocycles. The fourth-order valence-corrected chi connectivity index (χ4v) is 1.97. The van der Waals surface area contributed by atoms with Crippen molar-refractivity contribution >= 4 is 10.9 Å². The number of H-pyrrole nitrogens is 1. The van der Waals surface area contributed by atoms with Crippen LogP contribution in [0.1, 0.15) is 20.8 Å². The molecular formula is C14H18N2O3. The summed E-state index contributed by atoms with van der Waals surface area (Å²) in [6, 6.07) is 5.04. The minimum atomic E-state index is -0.377. The van der Waals surface area contributed by atoms with E-state index in [1.165, 1.54) is 4.57 Å². The van der Waals surface area contributed by atoms with Gasteiger partial charge < -0.3 is 9.72 Å². The number of ether oxygens (including phenoxy) is 1. The van der Waals surface area contributed by atoms with E-state index in [9.17, 15) is 9.59 Å². The quantitative estimate of drug-likeness (QED) is 0.896. The van der Waals surface area contributed by atoms with Gasteiger partial charge in [-0.15, -0.1) is 0 Å². The minimum Gasteiger partial charge on any atom is -0.497 e. The highest BCUT2D eigenvalue weighted by molar-refractivity contribution is 5.78. The van der Waals surface area contributed by atoms with Crippen LogP contribution in [0, 0.1) is 5.41 Å². The Bertz CT molecular complexity index is 720. The molecule has 2 rings (SSSR count). The molecule has 0 amide bonds. The Morgan fingerprint density at radius 2 is 1.95 bits per heavy atom. The van der Waals surface area contributed by atoms with E-state index in [-0.39, 0.29) is 16.7 Å². The molecule has 0 fully saturated rings. The Kier molecular flexibility index (Phi) is 3.22. The van der Waals surface area contributed by atoms with Gasteiger partial charge in [0.05, 0.1) is 18.0 Å². The van der Waals surface area contributed by atoms with Crippen LogP contribution in [0.4, 0.5) is 0 Å². The zero-order valence-electron chi connectivity index (χ0n) is 11.6. The highest BCUT2D eigenvalue weighted by Crippen LogP contribution is 2.17. The lowest BCUT2D eigenvalue weighted by Gasteiger charge is -2.19. The van der Waals surface area contributed by atoms with Gasteiger partial charge in [-0.25, -0.2) is 4.79 Å². The molecule has 0 aliphatic rings. The highest BCUT2D eigenvalue weighted by Gasteiger charge is 2.16. The molecule has 1 aromatic carbocycles. The van der Waals surface area contributed by atoms with Gasteiger partial charge in [0.1, 0.15) is 5.75 Å². The molecule has 5 heteroatoms. The molecule has 0 saturated heterocycles. The number of benzene rings is 1. The third kappa shape index (κ3) is 2.70. The van der Waals surface area contributed by atoms with E-state index in [0.29, 0.717) is 23.2 Å². The highest BCUT2D eigenvalue weighted by atomic mass is 16.5. The number of hydrogen-bond acceptors (Lipinski definition) is 3. The monoisotopic (exact) mass is 262 g/mol. The first kappa shape index (κ1) is 13.4. The van der Waals surface area contributed by atoms with Crippen LogP contribution in [0.25, 0.3) is 10.9 Å². The molecular weight excluding hydrogens is 244 g/mol. The van der Waals surface area contributed by atoms with Gasteiger partial charge in [0.25, 0.3) is 5.56 Å². The molecule has 0 aliphatic heterocycles. The normalized spacial score (nSPS) is 11.8. The average Bonchev–Trinajstić information content (AvgIpc) is 2.33. The van der Waals surface area contributed by atoms with Gasteiger partial charge in [0.2, 0.25) is 0 Å². The maximum atomic E-state index is 12.4. The van der Waals surface area contributed by atoms with Crippen molar-refractivity contribution in [1.82, 2.24) is 9.55 Å². The van der Waals surface area contributed by atoms with Crippen LogP contribution in [0.5, 0.6) is 5.75 Å². The van der Waals surface area contributed by atoms with Gasteiger partial charge >= 0.3 is 5.69 Å². The van der Waals surface area contributed by atoms with Crippen LogP contribution in [0.3, 0.4) is 0 Å². The van der Waals surface area contributed by atoms with Crippen LogP contribution < -0.4 is 16.0 Å². The van der Waals surface area contributed by atoms with Gasteiger partial charge in [0.15, 0.2) is 0 Å². The number of hydrogen-bond donors (Lipinski definition) is 1. The van der Waals surface area contributed by atoms with E-state index >= 15 is 0 Å². The summed E-state index contributed by atoms with van der Waals surface area (Å²) in [7, 11) is 1.54. The van der Waals surface area contributed by atoms with Gasteiger partial charge in [-0.1, -0.05) is 20.8 Å². The lowest BCUT2D eigenvalue weighted by atomic mass is 9.97. The average molecular weight is 262 g/mol. The summed E-state index contributed by atoms with van der Waals surface area (Å²) in [4.78, 5) is 27.1. The number of nitrogens with zero attached hydrogens (tertiary/aromatic N) is 1. The summed E-state index contributed by atoms with van der Waals surface area (Å²) in [5.41, 5.74) is -0.283. The molecule has 1 N–H and O–H groups in total. The first-order valence-corrected chi connectivity index (χ1v) is 6.13. The first-order chi connectivity index (χ1) is 8.81. The lowest BCUT2D eigenvalue weighted by molar-refractivity contribution is 0.332. The van der Waals surface area contributed by atoms with Gasteiger partial charge in [-0.05, 0) is 23.6 Å². The molecule has 0 spiro atoms. The Hall–Kier alpha value is -2.04. The predicted octanol–water partition coefficient (Wildman–Crippen LogP) is 1.74. The summed E-state index contributed by atoms with van der Waals surface area (Å²) in [5.74, 6) is 0.596. The summed E-state index contributed by atoms with van der Waals surface area (Å²) in [5, 5.41) is 0.461. The smallest absolute Gasteiger partial charge is 0.328 e. The van der Waals surface area contributed by atoms with Gasteiger partial charge in [0, 0.05) is 6.54 Å². The summed E-state index contributed by atoms with van der Waals surface area (Å²) in [6.45, 7) is 6.31. The second kappa shape index (κ2) is 4.57. The molecule has 0 unspecified atom stereocenters. The van der Waals surface area contributed by atoms with Crippen LogP contribution in [-0.4, -0.2) is 16.7 Å². The number of rotatable bonds is 2. The topological polar surface area (TPSA) is 64.1 Å². The van der Waals surface area contributed by atoms with Crippen molar-refractivity contribution in [2.75, 3.05) is 7.11 Å². The van der Waals surface area contributed by atoms with Crippen molar-refractivity contribution in [1.29, 1.82) is 0 Å². The van der Waals surface area contributed by atoms with Crippen LogP contribution in [0.2, 0.25) is 0 Å². The van der Waals surface area contributed by atoms with Crippen molar-refractivity contribution in [3.63, 3.8) is 0 Å². The van der Waals surface area contributed by atoms with E-state index < -0.39 is 0 Å². The maximum absolute atomic E-state index is 12.4. The molecule has 0 atom stereocenters. The fraction of sp³-hybridized carbons (Fsp3) is 0.429. The van der Waals surface area contributed by atoms with E-state index in [0.717, 1.165) is 0 Å². The summed E-state index contributed by atoms with van der Waals surface area (Å²) < 4.78 is 6.35. The van der Waals surface area contributed by atoms with Crippen LogP contribution >= 0.6 is 0 Å². The molecule has 0 radical (unpaired) electrons. The van der Waals surface area contributed by atoms with Crippen molar-refractivity contribution < 1.29 is 4.74 Å². The Labute approximate surface area is 110 Å². The molecule has 1 heterocycles. The molecule has 19 heavy (non-hydrogen) atoms. The minimum absolute atomic E-state index is 0.149. The van der Waals surface area contributed by atoms with E-state index in [2.05, 4.69) is 4.98 Å². The summed E-state index contributed by atoms with van der Waals surface area (Å²) >= 11 is 0. The SMILES string of the molecule is COc1ccc2[nH]c(=O)n(CC(C)(C)C)c(=O)c2c1. The number of fused-ring (bicyclic) bond motifs is 1.